The highest BCUT2D eigenvalue weighted by Crippen LogP contribution is 2.15. The van der Waals surface area contributed by atoms with Gasteiger partial charge >= 0.3 is 0 Å². The monoisotopic (exact) mass is 261 g/mol. The standard InChI is InChI=1S/C14H16ClN3/c1-10(2)12-5-3-11(4-6-12)9-17-13-7-8-16-14(15)18-13/h3-8,10H,9H2,1-2H3,(H,16,17,18). The molecule has 0 atom stereocenters. The summed E-state index contributed by atoms with van der Waals surface area (Å²) >= 11 is 5.72. The third-order valence-electron chi connectivity index (χ3n) is 2.75. The molecule has 1 heterocycles. The van der Waals surface area contributed by atoms with Gasteiger partial charge in [0, 0.05) is 12.7 Å². The second-order valence-corrected chi connectivity index (χ2v) is 4.80. The summed E-state index contributed by atoms with van der Waals surface area (Å²) < 4.78 is 0. The van der Waals surface area contributed by atoms with Crippen LogP contribution in [0.2, 0.25) is 5.28 Å². The Hall–Kier alpha value is -1.61. The Morgan fingerprint density at radius 2 is 1.89 bits per heavy atom. The molecule has 0 aliphatic carbocycles. The fourth-order valence-corrected chi connectivity index (χ4v) is 1.79. The highest BCUT2D eigenvalue weighted by molar-refractivity contribution is 6.28. The van der Waals surface area contributed by atoms with Crippen molar-refractivity contribution < 1.29 is 0 Å². The van der Waals surface area contributed by atoms with Crippen LogP contribution in [-0.2, 0) is 6.54 Å². The highest BCUT2D eigenvalue weighted by atomic mass is 35.5. The Morgan fingerprint density at radius 1 is 1.17 bits per heavy atom. The largest absolute Gasteiger partial charge is 0.366 e. The van der Waals surface area contributed by atoms with Crippen molar-refractivity contribution in [3.63, 3.8) is 0 Å². The number of anilines is 1. The van der Waals surface area contributed by atoms with E-state index in [2.05, 4.69) is 53.4 Å². The minimum Gasteiger partial charge on any atom is -0.366 e. The fourth-order valence-electron chi connectivity index (χ4n) is 1.65. The third kappa shape index (κ3) is 3.44. The van der Waals surface area contributed by atoms with Gasteiger partial charge in [-0.15, -0.1) is 0 Å². The van der Waals surface area contributed by atoms with Gasteiger partial charge in [0.05, 0.1) is 0 Å². The SMILES string of the molecule is CC(C)c1ccc(CNc2ccnc(Cl)n2)cc1. The molecule has 1 N–H and O–H groups in total. The zero-order chi connectivity index (χ0) is 13.0. The molecule has 2 rings (SSSR count). The van der Waals surface area contributed by atoms with E-state index in [9.17, 15) is 0 Å². The summed E-state index contributed by atoms with van der Waals surface area (Å²) in [6.45, 7) is 5.11. The molecule has 0 aliphatic rings. The molecule has 18 heavy (non-hydrogen) atoms. The number of rotatable bonds is 4. The zero-order valence-electron chi connectivity index (χ0n) is 10.5. The van der Waals surface area contributed by atoms with Crippen LogP contribution in [0.1, 0.15) is 30.9 Å². The molecule has 0 bridgehead atoms. The van der Waals surface area contributed by atoms with Gasteiger partial charge in [-0.3, -0.25) is 0 Å². The lowest BCUT2D eigenvalue weighted by atomic mass is 10.0. The highest BCUT2D eigenvalue weighted by Gasteiger charge is 2.00. The van der Waals surface area contributed by atoms with Crippen LogP contribution in [0.3, 0.4) is 0 Å². The average molecular weight is 262 g/mol. The van der Waals surface area contributed by atoms with E-state index in [1.165, 1.54) is 11.1 Å². The lowest BCUT2D eigenvalue weighted by Crippen LogP contribution is -2.02. The first-order valence-corrected chi connectivity index (χ1v) is 6.34. The van der Waals surface area contributed by atoms with Crippen molar-refractivity contribution in [3.8, 4) is 0 Å². The van der Waals surface area contributed by atoms with Gasteiger partial charge in [0.2, 0.25) is 5.28 Å². The molecule has 0 amide bonds. The van der Waals surface area contributed by atoms with Crippen molar-refractivity contribution in [1.82, 2.24) is 9.97 Å². The summed E-state index contributed by atoms with van der Waals surface area (Å²) in [6.07, 6.45) is 1.64. The number of benzene rings is 1. The molecule has 0 unspecified atom stereocenters. The third-order valence-corrected chi connectivity index (χ3v) is 2.93. The van der Waals surface area contributed by atoms with E-state index in [0.717, 1.165) is 12.4 Å². The van der Waals surface area contributed by atoms with E-state index in [-0.39, 0.29) is 5.28 Å². The topological polar surface area (TPSA) is 37.8 Å². The first kappa shape index (κ1) is 12.8. The molecule has 0 saturated carbocycles. The molecule has 0 radical (unpaired) electrons. The smallest absolute Gasteiger partial charge is 0.224 e. The molecule has 0 spiro atoms. The summed E-state index contributed by atoms with van der Waals surface area (Å²) in [6, 6.07) is 10.4. The second-order valence-electron chi connectivity index (χ2n) is 4.46. The number of hydrogen-bond donors (Lipinski definition) is 1. The van der Waals surface area contributed by atoms with Crippen LogP contribution in [0.15, 0.2) is 36.5 Å². The Balaban J connectivity index is 1.98. The summed E-state index contributed by atoms with van der Waals surface area (Å²) in [4.78, 5) is 7.92. The van der Waals surface area contributed by atoms with Crippen molar-refractivity contribution in [2.45, 2.75) is 26.3 Å². The van der Waals surface area contributed by atoms with E-state index < -0.39 is 0 Å². The molecule has 94 valence electrons. The molecule has 0 fully saturated rings. The number of halogens is 1. The Bertz CT molecular complexity index is 509. The van der Waals surface area contributed by atoms with Crippen molar-refractivity contribution in [3.05, 3.63) is 52.9 Å². The van der Waals surface area contributed by atoms with E-state index >= 15 is 0 Å². The van der Waals surface area contributed by atoms with Crippen LogP contribution in [0.4, 0.5) is 5.82 Å². The molecule has 1 aromatic carbocycles. The maximum absolute atomic E-state index is 5.72. The van der Waals surface area contributed by atoms with Gasteiger partial charge in [0.25, 0.3) is 0 Å². The Kier molecular flexibility index (Phi) is 4.15. The molecule has 3 nitrogen and oxygen atoms in total. The quantitative estimate of drug-likeness (QED) is 0.849. The summed E-state index contributed by atoms with van der Waals surface area (Å²) in [7, 11) is 0. The van der Waals surface area contributed by atoms with Crippen molar-refractivity contribution in [1.29, 1.82) is 0 Å². The van der Waals surface area contributed by atoms with Crippen LogP contribution >= 0.6 is 11.6 Å². The number of nitrogens with one attached hydrogen (secondary N) is 1. The van der Waals surface area contributed by atoms with Gasteiger partial charge in [-0.25, -0.2) is 9.97 Å². The van der Waals surface area contributed by atoms with Gasteiger partial charge in [0.1, 0.15) is 5.82 Å². The summed E-state index contributed by atoms with van der Waals surface area (Å²) in [5, 5.41) is 3.47. The Labute approximate surface area is 112 Å². The van der Waals surface area contributed by atoms with Crippen molar-refractivity contribution in [2.24, 2.45) is 0 Å². The number of aromatic nitrogens is 2. The molecule has 2 aromatic rings. The van der Waals surface area contributed by atoms with E-state index in [1.807, 2.05) is 0 Å². The second kappa shape index (κ2) is 5.83. The normalized spacial score (nSPS) is 10.7. The summed E-state index contributed by atoms with van der Waals surface area (Å²) in [5.74, 6) is 1.30. The lowest BCUT2D eigenvalue weighted by Gasteiger charge is -2.08. The summed E-state index contributed by atoms with van der Waals surface area (Å²) in [5.41, 5.74) is 2.57. The fraction of sp³-hybridized carbons (Fsp3) is 0.286. The van der Waals surface area contributed by atoms with Gasteiger partial charge in [0.15, 0.2) is 0 Å². The lowest BCUT2D eigenvalue weighted by molar-refractivity contribution is 0.865. The molecule has 0 aliphatic heterocycles. The first-order valence-electron chi connectivity index (χ1n) is 5.96. The predicted molar refractivity (Wildman–Crippen MR) is 74.9 cm³/mol. The van der Waals surface area contributed by atoms with Crippen molar-refractivity contribution in [2.75, 3.05) is 5.32 Å². The van der Waals surface area contributed by atoms with E-state index in [1.54, 1.807) is 12.3 Å². The van der Waals surface area contributed by atoms with Crippen LogP contribution < -0.4 is 5.32 Å². The molecule has 1 aromatic heterocycles. The molecule has 0 saturated heterocycles. The minimum atomic E-state index is 0.259. The average Bonchev–Trinajstić information content (AvgIpc) is 2.37. The van der Waals surface area contributed by atoms with Gasteiger partial charge in [-0.1, -0.05) is 38.1 Å². The van der Waals surface area contributed by atoms with E-state index in [4.69, 9.17) is 11.6 Å². The van der Waals surface area contributed by atoms with Crippen LogP contribution in [0.25, 0.3) is 0 Å². The van der Waals surface area contributed by atoms with Gasteiger partial charge < -0.3 is 5.32 Å². The molecule has 4 heteroatoms. The molecular formula is C14H16ClN3. The van der Waals surface area contributed by atoms with Gasteiger partial charge in [-0.05, 0) is 34.7 Å². The number of nitrogens with zero attached hydrogens (tertiary/aromatic N) is 2. The van der Waals surface area contributed by atoms with E-state index in [0.29, 0.717) is 5.92 Å². The van der Waals surface area contributed by atoms with Crippen LogP contribution in [0, 0.1) is 0 Å². The minimum absolute atomic E-state index is 0.259. The number of hydrogen-bond acceptors (Lipinski definition) is 3. The first-order chi connectivity index (χ1) is 8.65. The van der Waals surface area contributed by atoms with Crippen LogP contribution in [-0.4, -0.2) is 9.97 Å². The van der Waals surface area contributed by atoms with Crippen LogP contribution in [0.5, 0.6) is 0 Å². The molecular weight excluding hydrogens is 246 g/mol. The Morgan fingerprint density at radius 3 is 2.50 bits per heavy atom. The maximum Gasteiger partial charge on any atom is 0.224 e. The van der Waals surface area contributed by atoms with Crippen molar-refractivity contribution >= 4 is 17.4 Å². The predicted octanol–water partition coefficient (Wildman–Crippen LogP) is 3.87. The maximum atomic E-state index is 5.72. The van der Waals surface area contributed by atoms with Gasteiger partial charge in [-0.2, -0.15) is 0 Å². The zero-order valence-corrected chi connectivity index (χ0v) is 11.3.